The topological polar surface area (TPSA) is 119 Å². The molecule has 0 aliphatic rings. The van der Waals surface area contributed by atoms with Crippen LogP contribution in [0.1, 0.15) is 11.1 Å². The average molecular weight is 474 g/mol. The van der Waals surface area contributed by atoms with Crippen LogP contribution in [0, 0.1) is 12.7 Å². The molecule has 0 bridgehead atoms. The lowest BCUT2D eigenvalue weighted by Gasteiger charge is -2.08. The number of carbonyl (C=O) groups excluding carboxylic acids is 1. The van der Waals surface area contributed by atoms with Gasteiger partial charge in [0.2, 0.25) is 0 Å². The number of thiophene rings is 1. The second kappa shape index (κ2) is 8.24. The Morgan fingerprint density at radius 2 is 2.00 bits per heavy atom. The minimum absolute atomic E-state index is 0.0793. The highest BCUT2D eigenvalue weighted by Gasteiger charge is 2.21. The predicted octanol–water partition coefficient (Wildman–Crippen LogP) is 2.17. The number of halogens is 1. The molecule has 0 unspecified atom stereocenters. The van der Waals surface area contributed by atoms with Gasteiger partial charge in [-0.1, -0.05) is 12.1 Å². The molecule has 0 amide bonds. The van der Waals surface area contributed by atoms with Crippen LogP contribution in [0.2, 0.25) is 0 Å². The van der Waals surface area contributed by atoms with Gasteiger partial charge in [0, 0.05) is 12.6 Å². The molecule has 8 nitrogen and oxygen atoms in total. The zero-order chi connectivity index (χ0) is 23.0. The first-order valence-corrected chi connectivity index (χ1v) is 11.9. The second-order valence-electron chi connectivity index (χ2n) is 7.18. The Morgan fingerprint density at radius 3 is 2.69 bits per heavy atom. The Kier molecular flexibility index (Phi) is 5.61. The van der Waals surface area contributed by atoms with Crippen molar-refractivity contribution in [2.24, 2.45) is 0 Å². The Balaban J connectivity index is 1.63. The van der Waals surface area contributed by atoms with E-state index in [2.05, 4.69) is 9.97 Å². The van der Waals surface area contributed by atoms with Crippen molar-refractivity contribution in [3.63, 3.8) is 0 Å². The molecule has 164 valence electrons. The number of hydrogen-bond acceptors (Lipinski definition) is 7. The Morgan fingerprint density at radius 1 is 1.22 bits per heavy atom. The van der Waals surface area contributed by atoms with Crippen molar-refractivity contribution in [3.8, 4) is 5.82 Å². The molecule has 0 radical (unpaired) electrons. The number of aromatic amines is 1. The summed E-state index contributed by atoms with van der Waals surface area (Å²) in [5, 5.41) is 1.78. The van der Waals surface area contributed by atoms with Gasteiger partial charge in [0.1, 0.15) is 9.96 Å². The number of aryl methyl sites for hydroxylation is 1. The van der Waals surface area contributed by atoms with E-state index in [9.17, 15) is 27.2 Å². The molecule has 0 fully saturated rings. The fourth-order valence-electron chi connectivity index (χ4n) is 3.26. The molecular formula is C21H16FN3O5S2. The van der Waals surface area contributed by atoms with Gasteiger partial charge in [-0.05, 0) is 47.7 Å². The summed E-state index contributed by atoms with van der Waals surface area (Å²) in [4.78, 5) is 43.8. The predicted molar refractivity (Wildman–Crippen MR) is 118 cm³/mol. The Hall–Kier alpha value is -3.44. The van der Waals surface area contributed by atoms with Gasteiger partial charge in [-0.2, -0.15) is 0 Å². The third-order valence-corrected chi connectivity index (χ3v) is 7.86. The van der Waals surface area contributed by atoms with Crippen LogP contribution in [0.4, 0.5) is 4.39 Å². The monoisotopic (exact) mass is 473 g/mol. The molecule has 0 saturated carbocycles. The van der Waals surface area contributed by atoms with Crippen LogP contribution in [-0.2, 0) is 21.1 Å². The Bertz CT molecular complexity index is 1570. The van der Waals surface area contributed by atoms with Crippen molar-refractivity contribution < 1.29 is 17.6 Å². The van der Waals surface area contributed by atoms with E-state index in [-0.39, 0.29) is 21.6 Å². The summed E-state index contributed by atoms with van der Waals surface area (Å²) in [6.07, 6.45) is 0.774. The summed E-state index contributed by atoms with van der Waals surface area (Å²) in [5.41, 5.74) is -0.305. The van der Waals surface area contributed by atoms with Gasteiger partial charge in [-0.3, -0.25) is 9.59 Å². The molecule has 1 N–H and O–H groups in total. The van der Waals surface area contributed by atoms with Gasteiger partial charge < -0.3 is 4.98 Å². The van der Waals surface area contributed by atoms with Gasteiger partial charge in [0.15, 0.2) is 27.3 Å². The van der Waals surface area contributed by atoms with Gasteiger partial charge in [0.25, 0.3) is 5.56 Å². The first-order valence-electron chi connectivity index (χ1n) is 9.34. The fourth-order valence-corrected chi connectivity index (χ4v) is 5.59. The Labute approximate surface area is 184 Å². The number of pyridine rings is 1. The van der Waals surface area contributed by atoms with Gasteiger partial charge in [-0.25, -0.2) is 27.2 Å². The van der Waals surface area contributed by atoms with E-state index in [4.69, 9.17) is 0 Å². The minimum atomic E-state index is -3.77. The standard InChI is InChI=1S/C21H16FN3O5S2/c1-12-4-5-15-17(7-12)24-21(28)25(20(15)27)19-16(22)9-13(10-23-19)8-14(26)11-32(29,30)18-3-2-6-31-18/h2-7,9-10H,8,11H2,1H3,(H,24,28). The number of nitrogens with one attached hydrogen (secondary N) is 1. The number of carbonyl (C=O) groups is 1. The van der Waals surface area contributed by atoms with Crippen molar-refractivity contribution >= 4 is 37.9 Å². The van der Waals surface area contributed by atoms with Crippen molar-refractivity contribution in [2.75, 3.05) is 5.75 Å². The van der Waals surface area contributed by atoms with E-state index < -0.39 is 44.3 Å². The van der Waals surface area contributed by atoms with Gasteiger partial charge >= 0.3 is 5.69 Å². The summed E-state index contributed by atoms with van der Waals surface area (Å²) in [6.45, 7) is 1.80. The van der Waals surface area contributed by atoms with E-state index in [1.807, 2.05) is 0 Å². The number of H-pyrrole nitrogens is 1. The van der Waals surface area contributed by atoms with E-state index in [1.165, 1.54) is 12.1 Å². The van der Waals surface area contributed by atoms with Gasteiger partial charge in [0.05, 0.1) is 10.9 Å². The van der Waals surface area contributed by atoms with E-state index in [0.29, 0.717) is 10.1 Å². The molecular weight excluding hydrogens is 457 g/mol. The highest BCUT2D eigenvalue weighted by Crippen LogP contribution is 2.18. The van der Waals surface area contributed by atoms with Crippen LogP contribution in [0.3, 0.4) is 0 Å². The lowest BCUT2D eigenvalue weighted by Crippen LogP contribution is -2.35. The highest BCUT2D eigenvalue weighted by atomic mass is 32.2. The van der Waals surface area contributed by atoms with Gasteiger partial charge in [-0.15, -0.1) is 11.3 Å². The number of ketones is 1. The molecule has 1 aromatic carbocycles. The SMILES string of the molecule is Cc1ccc2c(=O)n(-c3ncc(CC(=O)CS(=O)(=O)c4cccs4)cc3F)c(=O)[nH]c2c1. The molecule has 4 aromatic rings. The molecule has 3 aromatic heterocycles. The summed E-state index contributed by atoms with van der Waals surface area (Å²) < 4.78 is 39.9. The maximum absolute atomic E-state index is 14.8. The summed E-state index contributed by atoms with van der Waals surface area (Å²) in [6, 6.07) is 8.78. The fraction of sp³-hybridized carbons (Fsp3) is 0.143. The van der Waals surface area contributed by atoms with Crippen molar-refractivity contribution in [1.29, 1.82) is 0 Å². The largest absolute Gasteiger partial charge is 0.334 e. The van der Waals surface area contributed by atoms with Crippen LogP contribution >= 0.6 is 11.3 Å². The zero-order valence-electron chi connectivity index (χ0n) is 16.7. The normalized spacial score (nSPS) is 11.7. The molecule has 0 aliphatic carbocycles. The number of hydrogen-bond donors (Lipinski definition) is 1. The number of benzene rings is 1. The number of fused-ring (bicyclic) bond motifs is 1. The van der Waals surface area contributed by atoms with Crippen LogP contribution in [0.15, 0.2) is 61.8 Å². The van der Waals surface area contributed by atoms with Crippen molar-refractivity contribution in [2.45, 2.75) is 17.6 Å². The first kappa shape index (κ1) is 21.8. The van der Waals surface area contributed by atoms with Crippen LogP contribution < -0.4 is 11.2 Å². The molecule has 4 rings (SSSR count). The van der Waals surface area contributed by atoms with Crippen LogP contribution in [-0.4, -0.2) is 34.5 Å². The number of Topliss-reactive ketones (excluding diaryl/α,β-unsaturated/α-hetero) is 1. The molecule has 11 heteroatoms. The number of aromatic nitrogens is 3. The molecule has 0 saturated heterocycles. The summed E-state index contributed by atoms with van der Waals surface area (Å²) in [5.74, 6) is -2.86. The summed E-state index contributed by atoms with van der Waals surface area (Å²) in [7, 11) is -3.77. The minimum Gasteiger partial charge on any atom is -0.306 e. The van der Waals surface area contributed by atoms with Crippen molar-refractivity contribution in [1.82, 2.24) is 14.5 Å². The first-order chi connectivity index (χ1) is 15.2. The smallest absolute Gasteiger partial charge is 0.306 e. The highest BCUT2D eigenvalue weighted by molar-refractivity contribution is 7.94. The number of nitrogens with zero attached hydrogens (tertiary/aromatic N) is 2. The molecule has 3 heterocycles. The van der Waals surface area contributed by atoms with E-state index in [0.717, 1.165) is 29.2 Å². The summed E-state index contributed by atoms with van der Waals surface area (Å²) >= 11 is 1.01. The van der Waals surface area contributed by atoms with E-state index >= 15 is 0 Å². The molecule has 0 aliphatic heterocycles. The average Bonchev–Trinajstić information content (AvgIpc) is 3.24. The maximum atomic E-state index is 14.8. The second-order valence-corrected chi connectivity index (χ2v) is 10.3. The number of rotatable bonds is 6. The molecule has 32 heavy (non-hydrogen) atoms. The van der Waals surface area contributed by atoms with Crippen LogP contribution in [0.25, 0.3) is 16.7 Å². The van der Waals surface area contributed by atoms with E-state index in [1.54, 1.807) is 30.5 Å². The van der Waals surface area contributed by atoms with Crippen LogP contribution in [0.5, 0.6) is 0 Å². The lowest BCUT2D eigenvalue weighted by molar-refractivity contribution is -0.116. The molecule has 0 atom stereocenters. The number of sulfone groups is 1. The lowest BCUT2D eigenvalue weighted by atomic mass is 10.1. The zero-order valence-corrected chi connectivity index (χ0v) is 18.3. The van der Waals surface area contributed by atoms with Crippen molar-refractivity contribution in [3.05, 3.63) is 85.8 Å². The third-order valence-electron chi connectivity index (χ3n) is 4.70. The molecule has 0 spiro atoms. The maximum Gasteiger partial charge on any atom is 0.334 e. The third kappa shape index (κ3) is 4.16. The quantitative estimate of drug-likeness (QED) is 0.458.